The molecule has 1 amide bonds. The number of hydrogen-bond donors (Lipinski definition) is 0. The zero-order valence-electron chi connectivity index (χ0n) is 15.1. The molecule has 6 nitrogen and oxygen atoms in total. The fourth-order valence-corrected chi connectivity index (χ4v) is 3.25. The Hall–Kier alpha value is -3.10. The molecule has 0 aromatic heterocycles. The number of carbonyl (C=O) groups excluding carboxylic acids is 1. The van der Waals surface area contributed by atoms with Crippen LogP contribution in [0.5, 0.6) is 0 Å². The molecule has 0 atom stereocenters. The van der Waals surface area contributed by atoms with Gasteiger partial charge in [0.15, 0.2) is 0 Å². The van der Waals surface area contributed by atoms with Crippen molar-refractivity contribution in [2.75, 3.05) is 31.1 Å². The minimum atomic E-state index is -4.71. The number of carbonyl (C=O) groups is 1. The highest BCUT2D eigenvalue weighted by atomic mass is 19.4. The number of non-ortho nitro benzene ring substituents is 1. The molecule has 0 unspecified atom stereocenters. The van der Waals surface area contributed by atoms with Crippen LogP contribution in [-0.4, -0.2) is 41.9 Å². The third-order valence-corrected chi connectivity index (χ3v) is 4.67. The Bertz CT molecular complexity index is 907. The largest absolute Gasteiger partial charge is 0.418 e. The molecule has 0 bridgehead atoms. The second-order valence-electron chi connectivity index (χ2n) is 6.61. The number of aryl methyl sites for hydroxylation is 1. The van der Waals surface area contributed by atoms with Crippen molar-refractivity contribution in [1.29, 1.82) is 0 Å². The summed E-state index contributed by atoms with van der Waals surface area (Å²) in [5.41, 5.74) is -0.268. The molecule has 0 aliphatic carbocycles. The summed E-state index contributed by atoms with van der Waals surface area (Å²) < 4.78 is 40.2. The Kier molecular flexibility index (Phi) is 5.26. The van der Waals surface area contributed by atoms with E-state index in [2.05, 4.69) is 0 Å². The van der Waals surface area contributed by atoms with Gasteiger partial charge in [0.1, 0.15) is 0 Å². The molecule has 3 rings (SSSR count). The lowest BCUT2D eigenvalue weighted by molar-refractivity contribution is -0.385. The maximum atomic E-state index is 13.4. The molecule has 28 heavy (non-hydrogen) atoms. The van der Waals surface area contributed by atoms with Crippen molar-refractivity contribution >= 4 is 17.3 Å². The zero-order chi connectivity index (χ0) is 20.5. The Morgan fingerprint density at radius 1 is 1.07 bits per heavy atom. The first kappa shape index (κ1) is 19.7. The summed E-state index contributed by atoms with van der Waals surface area (Å²) in [4.78, 5) is 25.7. The topological polar surface area (TPSA) is 66.7 Å². The Morgan fingerprint density at radius 3 is 2.32 bits per heavy atom. The number of hydrogen-bond acceptors (Lipinski definition) is 4. The first-order chi connectivity index (χ1) is 13.2. The van der Waals surface area contributed by atoms with Crippen LogP contribution in [0.1, 0.15) is 21.5 Å². The van der Waals surface area contributed by atoms with Crippen molar-refractivity contribution in [3.05, 3.63) is 69.3 Å². The van der Waals surface area contributed by atoms with Gasteiger partial charge in [0, 0.05) is 49.6 Å². The molecule has 0 radical (unpaired) electrons. The van der Waals surface area contributed by atoms with Gasteiger partial charge in [0.25, 0.3) is 11.6 Å². The fourth-order valence-electron chi connectivity index (χ4n) is 3.25. The van der Waals surface area contributed by atoms with Crippen molar-refractivity contribution in [1.82, 2.24) is 4.90 Å². The quantitative estimate of drug-likeness (QED) is 0.586. The standard InChI is InChI=1S/C19H18F3N3O3/c1-13-3-2-4-14(11-13)18(26)24-9-7-23(8-10-24)17-6-5-15(25(27)28)12-16(17)19(20,21)22/h2-6,11-12H,7-10H2,1H3. The Morgan fingerprint density at radius 2 is 1.75 bits per heavy atom. The van der Waals surface area contributed by atoms with Crippen LogP contribution in [0.25, 0.3) is 0 Å². The Balaban J connectivity index is 1.78. The summed E-state index contributed by atoms with van der Waals surface area (Å²) in [6.07, 6.45) is -4.71. The van der Waals surface area contributed by atoms with Crippen molar-refractivity contribution in [3.8, 4) is 0 Å². The number of anilines is 1. The van der Waals surface area contributed by atoms with Gasteiger partial charge in [0.2, 0.25) is 0 Å². The third kappa shape index (κ3) is 4.08. The van der Waals surface area contributed by atoms with Crippen molar-refractivity contribution in [2.24, 2.45) is 0 Å². The molecular weight excluding hydrogens is 375 g/mol. The van der Waals surface area contributed by atoms with Crippen LogP contribution < -0.4 is 4.90 Å². The molecule has 0 spiro atoms. The molecule has 1 saturated heterocycles. The molecule has 0 N–H and O–H groups in total. The molecule has 9 heteroatoms. The van der Waals surface area contributed by atoms with Crippen LogP contribution in [0.15, 0.2) is 42.5 Å². The first-order valence-electron chi connectivity index (χ1n) is 8.63. The number of amides is 1. The molecule has 1 aliphatic rings. The van der Waals surface area contributed by atoms with E-state index in [1.165, 1.54) is 4.90 Å². The zero-order valence-corrected chi connectivity index (χ0v) is 15.1. The monoisotopic (exact) mass is 393 g/mol. The van der Waals surface area contributed by atoms with Gasteiger partial charge in [0.05, 0.1) is 10.5 Å². The van der Waals surface area contributed by atoms with Gasteiger partial charge in [-0.15, -0.1) is 0 Å². The van der Waals surface area contributed by atoms with E-state index in [-0.39, 0.29) is 37.8 Å². The Labute approximate surface area is 159 Å². The minimum absolute atomic E-state index is 0.110. The van der Waals surface area contributed by atoms with E-state index in [0.717, 1.165) is 17.7 Å². The van der Waals surface area contributed by atoms with Crippen LogP contribution in [0.2, 0.25) is 0 Å². The summed E-state index contributed by atoms with van der Waals surface area (Å²) in [5, 5.41) is 10.8. The van der Waals surface area contributed by atoms with E-state index in [0.29, 0.717) is 11.6 Å². The number of nitro groups is 1. The van der Waals surface area contributed by atoms with Crippen LogP contribution in [0.4, 0.5) is 24.5 Å². The van der Waals surface area contributed by atoms with Gasteiger partial charge in [-0.25, -0.2) is 0 Å². The highest BCUT2D eigenvalue weighted by Gasteiger charge is 2.37. The van der Waals surface area contributed by atoms with Crippen molar-refractivity contribution < 1.29 is 22.9 Å². The number of nitrogens with zero attached hydrogens (tertiary/aromatic N) is 3. The average molecular weight is 393 g/mol. The number of halogens is 3. The lowest BCUT2D eigenvalue weighted by Gasteiger charge is -2.37. The SMILES string of the molecule is Cc1cccc(C(=O)N2CCN(c3ccc([N+](=O)[O-])cc3C(F)(F)F)CC2)c1. The van der Waals surface area contributed by atoms with Gasteiger partial charge < -0.3 is 9.80 Å². The maximum absolute atomic E-state index is 13.4. The van der Waals surface area contributed by atoms with Gasteiger partial charge in [-0.2, -0.15) is 13.2 Å². The molecule has 148 valence electrons. The average Bonchev–Trinajstić information content (AvgIpc) is 2.66. The van der Waals surface area contributed by atoms with E-state index < -0.39 is 22.4 Å². The minimum Gasteiger partial charge on any atom is -0.367 e. The second kappa shape index (κ2) is 7.49. The fraction of sp³-hybridized carbons (Fsp3) is 0.316. The number of nitro benzene ring substituents is 1. The summed E-state index contributed by atoms with van der Waals surface area (Å²) in [7, 11) is 0. The predicted molar refractivity (Wildman–Crippen MR) is 97.4 cm³/mol. The van der Waals surface area contributed by atoms with Gasteiger partial charge in [-0.1, -0.05) is 17.7 Å². The van der Waals surface area contributed by atoms with Crippen LogP contribution in [-0.2, 0) is 6.18 Å². The second-order valence-corrected chi connectivity index (χ2v) is 6.61. The normalized spacial score (nSPS) is 14.9. The molecule has 2 aromatic rings. The predicted octanol–water partition coefficient (Wildman–Crippen LogP) is 3.88. The molecule has 2 aromatic carbocycles. The molecular formula is C19H18F3N3O3. The van der Waals surface area contributed by atoms with Crippen molar-refractivity contribution in [2.45, 2.75) is 13.1 Å². The highest BCUT2D eigenvalue weighted by Crippen LogP contribution is 2.39. The van der Waals surface area contributed by atoms with Crippen LogP contribution in [0.3, 0.4) is 0 Å². The highest BCUT2D eigenvalue weighted by molar-refractivity contribution is 5.94. The molecule has 1 heterocycles. The summed E-state index contributed by atoms with van der Waals surface area (Å²) in [5.74, 6) is -0.164. The number of piperazine rings is 1. The molecule has 0 saturated carbocycles. The van der Waals surface area contributed by atoms with Crippen molar-refractivity contribution in [3.63, 3.8) is 0 Å². The summed E-state index contributed by atoms with van der Waals surface area (Å²) in [6.45, 7) is 2.82. The summed E-state index contributed by atoms with van der Waals surface area (Å²) in [6, 6.07) is 9.88. The van der Waals surface area contributed by atoms with E-state index >= 15 is 0 Å². The van der Waals surface area contributed by atoms with E-state index in [9.17, 15) is 28.1 Å². The lowest BCUT2D eigenvalue weighted by atomic mass is 10.1. The van der Waals surface area contributed by atoms with E-state index in [1.54, 1.807) is 23.1 Å². The van der Waals surface area contributed by atoms with Crippen LogP contribution in [0, 0.1) is 17.0 Å². The third-order valence-electron chi connectivity index (χ3n) is 4.67. The molecule has 1 fully saturated rings. The summed E-state index contributed by atoms with van der Waals surface area (Å²) >= 11 is 0. The first-order valence-corrected chi connectivity index (χ1v) is 8.63. The number of benzene rings is 2. The molecule has 1 aliphatic heterocycles. The van der Waals surface area contributed by atoms with Gasteiger partial charge >= 0.3 is 6.18 Å². The smallest absolute Gasteiger partial charge is 0.367 e. The maximum Gasteiger partial charge on any atom is 0.418 e. The van der Waals surface area contributed by atoms with E-state index in [4.69, 9.17) is 0 Å². The lowest BCUT2D eigenvalue weighted by Crippen LogP contribution is -2.49. The van der Waals surface area contributed by atoms with Crippen LogP contribution >= 0.6 is 0 Å². The number of alkyl halides is 3. The van der Waals surface area contributed by atoms with E-state index in [1.807, 2.05) is 13.0 Å². The van der Waals surface area contributed by atoms with Gasteiger partial charge in [-0.3, -0.25) is 14.9 Å². The number of rotatable bonds is 3. The van der Waals surface area contributed by atoms with Gasteiger partial charge in [-0.05, 0) is 25.1 Å².